The van der Waals surface area contributed by atoms with E-state index in [1.807, 2.05) is 38.1 Å². The SMILES string of the molecule is CC(C)(C)OC(=O)N1CCC(CCOCCCc2ccncc2)CC1. The molecule has 2 rings (SSSR count). The van der Waals surface area contributed by atoms with Crippen molar-refractivity contribution < 1.29 is 14.3 Å². The number of rotatable bonds is 7. The number of nitrogens with zero attached hydrogens (tertiary/aromatic N) is 2. The molecule has 0 bridgehead atoms. The zero-order valence-corrected chi connectivity index (χ0v) is 15.9. The molecule has 0 saturated carbocycles. The molecule has 25 heavy (non-hydrogen) atoms. The lowest BCUT2D eigenvalue weighted by Gasteiger charge is -2.33. The van der Waals surface area contributed by atoms with E-state index in [0.29, 0.717) is 5.92 Å². The predicted molar refractivity (Wildman–Crippen MR) is 98.5 cm³/mol. The molecule has 0 spiro atoms. The molecule has 0 aromatic carbocycles. The monoisotopic (exact) mass is 348 g/mol. The number of amides is 1. The molecule has 0 N–H and O–H groups in total. The van der Waals surface area contributed by atoms with E-state index < -0.39 is 5.60 Å². The zero-order valence-electron chi connectivity index (χ0n) is 15.9. The van der Waals surface area contributed by atoms with Crippen LogP contribution in [0.4, 0.5) is 4.79 Å². The van der Waals surface area contributed by atoms with Crippen LogP contribution in [0.1, 0.15) is 52.0 Å². The first-order chi connectivity index (χ1) is 11.9. The normalized spacial score (nSPS) is 16.0. The Morgan fingerprint density at radius 2 is 1.88 bits per heavy atom. The van der Waals surface area contributed by atoms with Crippen molar-refractivity contribution in [3.63, 3.8) is 0 Å². The summed E-state index contributed by atoms with van der Waals surface area (Å²) in [7, 11) is 0. The van der Waals surface area contributed by atoms with Gasteiger partial charge in [0.15, 0.2) is 0 Å². The van der Waals surface area contributed by atoms with Gasteiger partial charge in [-0.25, -0.2) is 4.79 Å². The third-order valence-electron chi connectivity index (χ3n) is 4.44. The van der Waals surface area contributed by atoms with Gasteiger partial charge in [0.2, 0.25) is 0 Å². The fourth-order valence-corrected chi connectivity index (χ4v) is 3.01. The van der Waals surface area contributed by atoms with Gasteiger partial charge in [0.1, 0.15) is 5.60 Å². The molecule has 5 nitrogen and oxygen atoms in total. The summed E-state index contributed by atoms with van der Waals surface area (Å²) in [6.07, 6.45) is 8.73. The number of aromatic nitrogens is 1. The highest BCUT2D eigenvalue weighted by atomic mass is 16.6. The molecule has 1 aromatic rings. The molecule has 0 unspecified atom stereocenters. The van der Waals surface area contributed by atoms with Crippen molar-refractivity contribution in [2.75, 3.05) is 26.3 Å². The average molecular weight is 348 g/mol. The van der Waals surface area contributed by atoms with Crippen molar-refractivity contribution in [1.82, 2.24) is 9.88 Å². The lowest BCUT2D eigenvalue weighted by molar-refractivity contribution is 0.0167. The first-order valence-corrected chi connectivity index (χ1v) is 9.38. The predicted octanol–water partition coefficient (Wildman–Crippen LogP) is 4.07. The maximum atomic E-state index is 12.0. The summed E-state index contributed by atoms with van der Waals surface area (Å²) >= 11 is 0. The molecule has 2 heterocycles. The minimum absolute atomic E-state index is 0.182. The standard InChI is InChI=1S/C20H32N2O3/c1-20(2,3)25-19(23)22-13-8-18(9-14-22)10-16-24-15-4-5-17-6-11-21-12-7-17/h6-7,11-12,18H,4-5,8-10,13-16H2,1-3H3. The van der Waals surface area contributed by atoms with E-state index in [2.05, 4.69) is 17.1 Å². The molecule has 1 fully saturated rings. The Kier molecular flexibility index (Phi) is 7.69. The van der Waals surface area contributed by atoms with Gasteiger partial charge < -0.3 is 14.4 Å². The van der Waals surface area contributed by atoms with Crippen LogP contribution in [0.2, 0.25) is 0 Å². The molecule has 5 heteroatoms. The second kappa shape index (κ2) is 9.76. The van der Waals surface area contributed by atoms with Crippen LogP contribution in [0.25, 0.3) is 0 Å². The Morgan fingerprint density at radius 3 is 2.52 bits per heavy atom. The summed E-state index contributed by atoms with van der Waals surface area (Å²) < 4.78 is 11.2. The highest BCUT2D eigenvalue weighted by molar-refractivity contribution is 5.68. The van der Waals surface area contributed by atoms with Crippen molar-refractivity contribution in [2.24, 2.45) is 5.92 Å². The van der Waals surface area contributed by atoms with E-state index in [9.17, 15) is 4.79 Å². The highest BCUT2D eigenvalue weighted by Gasteiger charge is 2.26. The Labute approximate surface area is 151 Å². The molecule has 1 aliphatic heterocycles. The van der Waals surface area contributed by atoms with Crippen molar-refractivity contribution in [1.29, 1.82) is 0 Å². The molecular formula is C20H32N2O3. The lowest BCUT2D eigenvalue weighted by atomic mass is 9.94. The number of piperidine rings is 1. The number of ether oxygens (including phenoxy) is 2. The number of hydrogen-bond donors (Lipinski definition) is 0. The molecule has 0 atom stereocenters. The summed E-state index contributed by atoms with van der Waals surface area (Å²) in [6, 6.07) is 4.11. The molecule has 1 aliphatic rings. The molecular weight excluding hydrogens is 316 g/mol. The van der Waals surface area contributed by atoms with E-state index in [0.717, 1.165) is 58.4 Å². The van der Waals surface area contributed by atoms with Crippen LogP contribution in [-0.2, 0) is 15.9 Å². The van der Waals surface area contributed by atoms with Gasteiger partial charge in [-0.05, 0) is 76.5 Å². The number of pyridine rings is 1. The van der Waals surface area contributed by atoms with E-state index in [-0.39, 0.29) is 6.09 Å². The molecule has 0 aliphatic carbocycles. The number of carbonyl (C=O) groups excluding carboxylic acids is 1. The largest absolute Gasteiger partial charge is 0.444 e. The lowest BCUT2D eigenvalue weighted by Crippen LogP contribution is -2.41. The van der Waals surface area contributed by atoms with Crippen LogP contribution < -0.4 is 0 Å². The van der Waals surface area contributed by atoms with E-state index in [1.165, 1.54) is 5.56 Å². The third-order valence-corrected chi connectivity index (χ3v) is 4.44. The fraction of sp³-hybridized carbons (Fsp3) is 0.700. The average Bonchev–Trinajstić information content (AvgIpc) is 2.58. The van der Waals surface area contributed by atoms with Gasteiger partial charge >= 0.3 is 6.09 Å². The van der Waals surface area contributed by atoms with Gasteiger partial charge in [-0.15, -0.1) is 0 Å². The summed E-state index contributed by atoms with van der Waals surface area (Å²) in [5.74, 6) is 0.652. The van der Waals surface area contributed by atoms with Gasteiger partial charge in [-0.3, -0.25) is 4.98 Å². The first kappa shape index (κ1) is 19.7. The van der Waals surface area contributed by atoms with Crippen LogP contribution in [0.3, 0.4) is 0 Å². The van der Waals surface area contributed by atoms with Gasteiger partial charge in [0.05, 0.1) is 0 Å². The molecule has 1 aromatic heterocycles. The Bertz CT molecular complexity index is 505. The summed E-state index contributed by atoms with van der Waals surface area (Å²) in [5.41, 5.74) is 0.894. The Morgan fingerprint density at radius 1 is 1.20 bits per heavy atom. The Balaban J connectivity index is 1.51. The quantitative estimate of drug-likeness (QED) is 0.697. The number of hydrogen-bond acceptors (Lipinski definition) is 4. The smallest absolute Gasteiger partial charge is 0.410 e. The molecule has 1 amide bonds. The van der Waals surface area contributed by atoms with Crippen LogP contribution in [-0.4, -0.2) is 47.9 Å². The van der Waals surface area contributed by atoms with Crippen LogP contribution >= 0.6 is 0 Å². The first-order valence-electron chi connectivity index (χ1n) is 9.38. The molecule has 1 saturated heterocycles. The van der Waals surface area contributed by atoms with Crippen LogP contribution in [0.15, 0.2) is 24.5 Å². The minimum Gasteiger partial charge on any atom is -0.444 e. The second-order valence-electron chi connectivity index (χ2n) is 7.77. The fourth-order valence-electron chi connectivity index (χ4n) is 3.01. The number of likely N-dealkylation sites (tertiary alicyclic amines) is 1. The molecule has 140 valence electrons. The summed E-state index contributed by atoms with van der Waals surface area (Å²) in [6.45, 7) is 8.92. The Hall–Kier alpha value is -1.62. The van der Waals surface area contributed by atoms with Crippen molar-refractivity contribution in [3.8, 4) is 0 Å². The van der Waals surface area contributed by atoms with E-state index in [4.69, 9.17) is 9.47 Å². The maximum absolute atomic E-state index is 12.0. The van der Waals surface area contributed by atoms with Crippen molar-refractivity contribution >= 4 is 6.09 Å². The highest BCUT2D eigenvalue weighted by Crippen LogP contribution is 2.22. The van der Waals surface area contributed by atoms with Gasteiger partial charge in [-0.1, -0.05) is 0 Å². The maximum Gasteiger partial charge on any atom is 0.410 e. The van der Waals surface area contributed by atoms with E-state index >= 15 is 0 Å². The number of aryl methyl sites for hydroxylation is 1. The van der Waals surface area contributed by atoms with Crippen LogP contribution in [0, 0.1) is 5.92 Å². The third kappa shape index (κ3) is 7.86. The van der Waals surface area contributed by atoms with Crippen molar-refractivity contribution in [3.05, 3.63) is 30.1 Å². The van der Waals surface area contributed by atoms with Gasteiger partial charge in [-0.2, -0.15) is 0 Å². The topological polar surface area (TPSA) is 51.7 Å². The summed E-state index contributed by atoms with van der Waals surface area (Å²) in [4.78, 5) is 17.9. The van der Waals surface area contributed by atoms with Gasteiger partial charge in [0, 0.05) is 38.7 Å². The minimum atomic E-state index is -0.419. The summed E-state index contributed by atoms with van der Waals surface area (Å²) in [5, 5.41) is 0. The van der Waals surface area contributed by atoms with Crippen molar-refractivity contribution in [2.45, 2.75) is 58.5 Å². The van der Waals surface area contributed by atoms with Gasteiger partial charge in [0.25, 0.3) is 0 Å². The van der Waals surface area contributed by atoms with Crippen LogP contribution in [0.5, 0.6) is 0 Å². The second-order valence-corrected chi connectivity index (χ2v) is 7.77. The molecule has 0 radical (unpaired) electrons. The number of carbonyl (C=O) groups is 1. The van der Waals surface area contributed by atoms with E-state index in [1.54, 1.807) is 0 Å². The zero-order chi connectivity index (χ0) is 18.1.